The number of likely N-dealkylation sites (tertiary alicyclic amines) is 1. The summed E-state index contributed by atoms with van der Waals surface area (Å²) in [6, 6.07) is 8.51. The average molecular weight is 378 g/mol. The van der Waals surface area contributed by atoms with Crippen molar-refractivity contribution in [1.29, 1.82) is 0 Å². The van der Waals surface area contributed by atoms with Crippen LogP contribution in [0.3, 0.4) is 0 Å². The Morgan fingerprint density at radius 1 is 1.26 bits per heavy atom. The van der Waals surface area contributed by atoms with E-state index in [1.54, 1.807) is 6.07 Å². The van der Waals surface area contributed by atoms with Crippen LogP contribution >= 0.6 is 15.9 Å². The van der Waals surface area contributed by atoms with Gasteiger partial charge in [0.1, 0.15) is 11.7 Å². The lowest BCUT2D eigenvalue weighted by molar-refractivity contribution is -0.143. The van der Waals surface area contributed by atoms with E-state index in [1.165, 1.54) is 4.90 Å². The van der Waals surface area contributed by atoms with E-state index in [0.717, 1.165) is 22.9 Å². The van der Waals surface area contributed by atoms with Gasteiger partial charge in [0.2, 0.25) is 0 Å². The zero-order chi connectivity index (χ0) is 16.4. The van der Waals surface area contributed by atoms with E-state index in [2.05, 4.69) is 26.1 Å². The molecule has 1 aromatic carbocycles. The van der Waals surface area contributed by atoms with Crippen molar-refractivity contribution in [3.8, 4) is 11.3 Å². The molecule has 1 saturated heterocycles. The summed E-state index contributed by atoms with van der Waals surface area (Å²) in [5.41, 5.74) is 1.86. The monoisotopic (exact) mass is 377 g/mol. The number of aliphatic carboxylic acids is 1. The first-order valence-electron chi connectivity index (χ1n) is 7.41. The molecule has 3 rings (SSSR count). The van der Waals surface area contributed by atoms with E-state index < -0.39 is 12.0 Å². The Morgan fingerprint density at radius 2 is 2.00 bits per heavy atom. The molecule has 0 unspecified atom stereocenters. The van der Waals surface area contributed by atoms with Crippen LogP contribution in [-0.2, 0) is 4.79 Å². The van der Waals surface area contributed by atoms with Gasteiger partial charge in [0.05, 0.1) is 5.69 Å². The first kappa shape index (κ1) is 15.7. The van der Waals surface area contributed by atoms with Crippen molar-refractivity contribution in [2.45, 2.75) is 25.3 Å². The maximum absolute atomic E-state index is 12.6. The number of nitrogens with zero attached hydrogens (tertiary/aromatic N) is 2. The lowest BCUT2D eigenvalue weighted by atomic mass is 10.0. The van der Waals surface area contributed by atoms with Gasteiger partial charge < -0.3 is 10.0 Å². The van der Waals surface area contributed by atoms with Crippen molar-refractivity contribution in [3.05, 3.63) is 40.5 Å². The summed E-state index contributed by atoms with van der Waals surface area (Å²) in [4.78, 5) is 25.4. The second kappa shape index (κ2) is 6.54. The van der Waals surface area contributed by atoms with Crippen LogP contribution in [0.4, 0.5) is 0 Å². The topological polar surface area (TPSA) is 86.3 Å². The molecule has 0 bridgehead atoms. The predicted octanol–water partition coefficient (Wildman–Crippen LogP) is 2.92. The molecule has 2 heterocycles. The molecular weight excluding hydrogens is 362 g/mol. The zero-order valence-corrected chi connectivity index (χ0v) is 13.9. The van der Waals surface area contributed by atoms with Gasteiger partial charge in [0, 0.05) is 16.6 Å². The van der Waals surface area contributed by atoms with E-state index >= 15 is 0 Å². The highest BCUT2D eigenvalue weighted by molar-refractivity contribution is 9.10. The molecule has 0 spiro atoms. The number of nitrogens with one attached hydrogen (secondary N) is 1. The fraction of sp³-hybridized carbons (Fsp3) is 0.312. The summed E-state index contributed by atoms with van der Waals surface area (Å²) in [6.45, 7) is 0.461. The lowest BCUT2D eigenvalue weighted by Gasteiger charge is -2.32. The molecule has 1 aliphatic heterocycles. The van der Waals surface area contributed by atoms with Crippen molar-refractivity contribution in [1.82, 2.24) is 15.1 Å². The SMILES string of the molecule is O=C(O)[C@H]1CCCCN1C(=O)c1cc(-c2ccc(Br)cc2)n[nH]1. The number of hydrogen-bond donors (Lipinski definition) is 2. The minimum Gasteiger partial charge on any atom is -0.480 e. The molecule has 1 atom stereocenters. The molecule has 0 saturated carbocycles. The van der Waals surface area contributed by atoms with Gasteiger partial charge in [0.25, 0.3) is 5.91 Å². The van der Waals surface area contributed by atoms with Gasteiger partial charge in [-0.3, -0.25) is 9.89 Å². The summed E-state index contributed by atoms with van der Waals surface area (Å²) >= 11 is 3.37. The third-order valence-electron chi connectivity index (χ3n) is 4.00. The fourth-order valence-corrected chi connectivity index (χ4v) is 3.05. The maximum Gasteiger partial charge on any atom is 0.326 e. The number of hydrogen-bond acceptors (Lipinski definition) is 3. The second-order valence-corrected chi connectivity index (χ2v) is 6.44. The summed E-state index contributed by atoms with van der Waals surface area (Å²) < 4.78 is 0.964. The quantitative estimate of drug-likeness (QED) is 0.860. The van der Waals surface area contributed by atoms with Crippen molar-refractivity contribution in [3.63, 3.8) is 0 Å². The lowest BCUT2D eigenvalue weighted by Crippen LogP contribution is -2.48. The molecular formula is C16H16BrN3O3. The Kier molecular flexibility index (Phi) is 4.47. The molecule has 23 heavy (non-hydrogen) atoms. The Morgan fingerprint density at radius 3 is 2.70 bits per heavy atom. The van der Waals surface area contributed by atoms with E-state index in [-0.39, 0.29) is 5.91 Å². The number of H-pyrrole nitrogens is 1. The predicted molar refractivity (Wildman–Crippen MR) is 88.0 cm³/mol. The summed E-state index contributed by atoms with van der Waals surface area (Å²) in [5.74, 6) is -1.27. The van der Waals surface area contributed by atoms with Gasteiger partial charge in [-0.2, -0.15) is 5.10 Å². The molecule has 2 N–H and O–H groups in total. The normalized spacial score (nSPS) is 18.0. The number of aromatic amines is 1. The summed E-state index contributed by atoms with van der Waals surface area (Å²) in [5, 5.41) is 16.2. The molecule has 1 aliphatic rings. The molecule has 120 valence electrons. The highest BCUT2D eigenvalue weighted by Gasteiger charge is 2.33. The van der Waals surface area contributed by atoms with Gasteiger partial charge in [-0.05, 0) is 37.5 Å². The molecule has 7 heteroatoms. The van der Waals surface area contributed by atoms with E-state index in [0.29, 0.717) is 24.4 Å². The van der Waals surface area contributed by atoms with Crippen molar-refractivity contribution in [2.24, 2.45) is 0 Å². The van der Waals surface area contributed by atoms with Crippen LogP contribution in [0.2, 0.25) is 0 Å². The first-order valence-corrected chi connectivity index (χ1v) is 8.20. The van der Waals surface area contributed by atoms with Gasteiger partial charge in [0.15, 0.2) is 0 Å². The molecule has 1 aromatic heterocycles. The van der Waals surface area contributed by atoms with Crippen LogP contribution in [0.1, 0.15) is 29.8 Å². The van der Waals surface area contributed by atoms with Crippen LogP contribution in [0.15, 0.2) is 34.8 Å². The molecule has 0 radical (unpaired) electrons. The number of carbonyl (C=O) groups excluding carboxylic acids is 1. The molecule has 6 nitrogen and oxygen atoms in total. The molecule has 1 amide bonds. The third kappa shape index (κ3) is 3.29. The van der Waals surface area contributed by atoms with Crippen LogP contribution in [-0.4, -0.2) is 44.7 Å². The number of aromatic nitrogens is 2. The Balaban J connectivity index is 1.83. The van der Waals surface area contributed by atoms with E-state index in [4.69, 9.17) is 0 Å². The first-order chi connectivity index (χ1) is 11.1. The highest BCUT2D eigenvalue weighted by atomic mass is 79.9. The van der Waals surface area contributed by atoms with Gasteiger partial charge in [-0.1, -0.05) is 28.1 Å². The smallest absolute Gasteiger partial charge is 0.326 e. The Hall–Kier alpha value is -2.15. The van der Waals surface area contributed by atoms with Crippen molar-refractivity contribution in [2.75, 3.05) is 6.54 Å². The van der Waals surface area contributed by atoms with Crippen LogP contribution in [0.5, 0.6) is 0 Å². The van der Waals surface area contributed by atoms with Crippen LogP contribution in [0.25, 0.3) is 11.3 Å². The van der Waals surface area contributed by atoms with Gasteiger partial charge in [-0.15, -0.1) is 0 Å². The number of amides is 1. The van der Waals surface area contributed by atoms with Gasteiger partial charge in [-0.25, -0.2) is 4.79 Å². The minimum atomic E-state index is -0.953. The average Bonchev–Trinajstić information content (AvgIpc) is 3.04. The van der Waals surface area contributed by atoms with Crippen molar-refractivity contribution < 1.29 is 14.7 Å². The van der Waals surface area contributed by atoms with Gasteiger partial charge >= 0.3 is 5.97 Å². The highest BCUT2D eigenvalue weighted by Crippen LogP contribution is 2.23. The molecule has 0 aliphatic carbocycles. The fourth-order valence-electron chi connectivity index (χ4n) is 2.79. The second-order valence-electron chi connectivity index (χ2n) is 5.52. The third-order valence-corrected chi connectivity index (χ3v) is 4.53. The van der Waals surface area contributed by atoms with Crippen molar-refractivity contribution >= 4 is 27.8 Å². The number of piperidine rings is 1. The number of halogens is 1. The maximum atomic E-state index is 12.6. The number of carbonyl (C=O) groups is 2. The van der Waals surface area contributed by atoms with E-state index in [1.807, 2.05) is 24.3 Å². The summed E-state index contributed by atoms with van der Waals surface area (Å²) in [6.07, 6.45) is 2.14. The van der Waals surface area contributed by atoms with E-state index in [9.17, 15) is 14.7 Å². The molecule has 1 fully saturated rings. The number of carboxylic acids is 1. The minimum absolute atomic E-state index is 0.312. The van der Waals surface area contributed by atoms with Crippen LogP contribution < -0.4 is 0 Å². The molecule has 2 aromatic rings. The van der Waals surface area contributed by atoms with Crippen LogP contribution in [0, 0.1) is 0 Å². The number of carboxylic acid groups (broad SMARTS) is 1. The zero-order valence-electron chi connectivity index (χ0n) is 12.3. The Labute approximate surface area is 141 Å². The largest absolute Gasteiger partial charge is 0.480 e. The summed E-state index contributed by atoms with van der Waals surface area (Å²) in [7, 11) is 0. The number of rotatable bonds is 3. The number of benzene rings is 1. The standard InChI is InChI=1S/C16H16BrN3O3/c17-11-6-4-10(5-7-11)12-9-13(19-18-12)15(21)20-8-2-1-3-14(20)16(22)23/h4-7,9,14H,1-3,8H2,(H,18,19)(H,22,23)/t14-/m1/s1. The Bertz CT molecular complexity index is 726.